The van der Waals surface area contributed by atoms with Crippen LogP contribution in [0.3, 0.4) is 0 Å². The van der Waals surface area contributed by atoms with Crippen molar-refractivity contribution in [1.29, 1.82) is 5.26 Å². The minimum atomic E-state index is 0.601. The first kappa shape index (κ1) is 14.5. The van der Waals surface area contributed by atoms with E-state index in [1.54, 1.807) is 12.3 Å². The van der Waals surface area contributed by atoms with Crippen molar-refractivity contribution in [3.8, 4) is 6.07 Å². The minimum Gasteiger partial charge on any atom is -0.378 e. The van der Waals surface area contributed by atoms with E-state index in [-0.39, 0.29) is 0 Å². The summed E-state index contributed by atoms with van der Waals surface area (Å²) in [6, 6.07) is 19.7. The number of benzene rings is 2. The fourth-order valence-electron chi connectivity index (χ4n) is 1.85. The molecule has 0 aromatic heterocycles. The summed E-state index contributed by atoms with van der Waals surface area (Å²) in [4.78, 5) is 6.39. The Morgan fingerprint density at radius 1 is 1.05 bits per heavy atom. The summed E-state index contributed by atoms with van der Waals surface area (Å²) in [5.41, 5.74) is 3.49. The van der Waals surface area contributed by atoms with Crippen LogP contribution in [0.15, 0.2) is 65.7 Å². The molecule has 0 fully saturated rings. The molecule has 2 aromatic carbocycles. The maximum absolute atomic E-state index is 9.19. The molecular formula is C18H17N3. The number of aliphatic imine (C=N–C) groups is 1. The van der Waals surface area contributed by atoms with Gasteiger partial charge in [-0.05, 0) is 35.9 Å². The highest BCUT2D eigenvalue weighted by molar-refractivity contribution is 5.91. The summed E-state index contributed by atoms with van der Waals surface area (Å²) < 4.78 is 0. The first-order chi connectivity index (χ1) is 10.2. The molecule has 2 aromatic rings. The molecule has 0 spiro atoms. The van der Waals surface area contributed by atoms with Gasteiger partial charge in [-0.3, -0.25) is 4.99 Å². The lowest BCUT2D eigenvalue weighted by atomic mass is 10.1. The summed E-state index contributed by atoms with van der Waals surface area (Å²) in [6.07, 6.45) is 3.39. The van der Waals surface area contributed by atoms with Crippen LogP contribution in [0.1, 0.15) is 5.56 Å². The molecule has 0 aliphatic heterocycles. The van der Waals surface area contributed by atoms with E-state index in [2.05, 4.69) is 11.1 Å². The van der Waals surface area contributed by atoms with Crippen molar-refractivity contribution >= 4 is 23.2 Å². The predicted molar refractivity (Wildman–Crippen MR) is 89.0 cm³/mol. The maximum Gasteiger partial charge on any atom is 0.0998 e. The van der Waals surface area contributed by atoms with Gasteiger partial charge in [-0.2, -0.15) is 5.26 Å². The lowest BCUT2D eigenvalue weighted by Gasteiger charge is -2.11. The van der Waals surface area contributed by atoms with Gasteiger partial charge in [0.1, 0.15) is 0 Å². The number of rotatable bonds is 4. The molecule has 3 heteroatoms. The highest BCUT2D eigenvalue weighted by atomic mass is 15.1. The highest BCUT2D eigenvalue weighted by Gasteiger charge is 1.97. The smallest absolute Gasteiger partial charge is 0.0998 e. The minimum absolute atomic E-state index is 0.601. The van der Waals surface area contributed by atoms with Crippen LogP contribution in [0.2, 0.25) is 0 Å². The van der Waals surface area contributed by atoms with Crippen LogP contribution in [0.4, 0.5) is 11.4 Å². The Morgan fingerprint density at radius 2 is 1.71 bits per heavy atom. The van der Waals surface area contributed by atoms with Gasteiger partial charge in [0.05, 0.1) is 17.3 Å². The van der Waals surface area contributed by atoms with Crippen LogP contribution in [0, 0.1) is 11.3 Å². The van der Waals surface area contributed by atoms with Crippen molar-refractivity contribution < 1.29 is 0 Å². The second-order valence-electron chi connectivity index (χ2n) is 4.75. The summed E-state index contributed by atoms with van der Waals surface area (Å²) in [6.45, 7) is 0. The topological polar surface area (TPSA) is 39.4 Å². The summed E-state index contributed by atoms with van der Waals surface area (Å²) in [5, 5.41) is 9.19. The van der Waals surface area contributed by atoms with E-state index in [0.29, 0.717) is 5.57 Å². The predicted octanol–water partition coefficient (Wildman–Crippen LogP) is 4.06. The van der Waals surface area contributed by atoms with E-state index in [4.69, 9.17) is 0 Å². The number of nitrogens with zero attached hydrogens (tertiary/aromatic N) is 3. The molecule has 21 heavy (non-hydrogen) atoms. The van der Waals surface area contributed by atoms with Crippen molar-refractivity contribution in [3.63, 3.8) is 0 Å². The summed E-state index contributed by atoms with van der Waals surface area (Å²) in [5.74, 6) is 0. The van der Waals surface area contributed by atoms with E-state index >= 15 is 0 Å². The molecule has 2 rings (SSSR count). The number of anilines is 1. The molecule has 0 N–H and O–H groups in total. The average Bonchev–Trinajstić information content (AvgIpc) is 2.53. The summed E-state index contributed by atoms with van der Waals surface area (Å²) >= 11 is 0. The second-order valence-corrected chi connectivity index (χ2v) is 4.75. The molecule has 0 aliphatic rings. The van der Waals surface area contributed by atoms with Gasteiger partial charge in [0.15, 0.2) is 0 Å². The van der Waals surface area contributed by atoms with Gasteiger partial charge in [0.2, 0.25) is 0 Å². The first-order valence-electron chi connectivity index (χ1n) is 6.68. The van der Waals surface area contributed by atoms with Gasteiger partial charge in [-0.25, -0.2) is 0 Å². The van der Waals surface area contributed by atoms with Crippen LogP contribution in [0.25, 0.3) is 5.57 Å². The third-order valence-corrected chi connectivity index (χ3v) is 3.04. The Balaban J connectivity index is 2.13. The Bertz CT molecular complexity index is 675. The van der Waals surface area contributed by atoms with E-state index in [1.807, 2.05) is 73.6 Å². The zero-order valence-electron chi connectivity index (χ0n) is 12.2. The lowest BCUT2D eigenvalue weighted by molar-refractivity contribution is 1.13. The van der Waals surface area contributed by atoms with Crippen LogP contribution >= 0.6 is 0 Å². The van der Waals surface area contributed by atoms with E-state index in [9.17, 15) is 5.26 Å². The zero-order chi connectivity index (χ0) is 15.1. The van der Waals surface area contributed by atoms with Crippen molar-refractivity contribution in [1.82, 2.24) is 0 Å². The fourth-order valence-corrected chi connectivity index (χ4v) is 1.85. The third kappa shape index (κ3) is 4.05. The van der Waals surface area contributed by atoms with Crippen LogP contribution in [-0.4, -0.2) is 20.3 Å². The Morgan fingerprint density at radius 3 is 2.29 bits per heavy atom. The summed E-state index contributed by atoms with van der Waals surface area (Å²) in [7, 11) is 4.00. The van der Waals surface area contributed by atoms with Gasteiger partial charge in [-0.1, -0.05) is 30.3 Å². The number of allylic oxidation sites excluding steroid dienone is 2. The van der Waals surface area contributed by atoms with Crippen molar-refractivity contribution in [3.05, 3.63) is 66.2 Å². The highest BCUT2D eigenvalue weighted by Crippen LogP contribution is 2.18. The maximum atomic E-state index is 9.19. The molecule has 0 saturated heterocycles. The van der Waals surface area contributed by atoms with E-state index in [1.165, 1.54) is 0 Å². The normalized spacial score (nSPS) is 11.4. The Labute approximate surface area is 125 Å². The molecule has 0 amide bonds. The first-order valence-corrected chi connectivity index (χ1v) is 6.68. The van der Waals surface area contributed by atoms with Crippen molar-refractivity contribution in [2.45, 2.75) is 0 Å². The largest absolute Gasteiger partial charge is 0.378 e. The third-order valence-electron chi connectivity index (χ3n) is 3.04. The molecular weight excluding hydrogens is 258 g/mol. The second kappa shape index (κ2) is 7.06. The van der Waals surface area contributed by atoms with E-state index < -0.39 is 0 Å². The van der Waals surface area contributed by atoms with Crippen molar-refractivity contribution in [2.24, 2.45) is 4.99 Å². The van der Waals surface area contributed by atoms with Crippen LogP contribution in [-0.2, 0) is 0 Å². The fraction of sp³-hybridized carbons (Fsp3) is 0.111. The van der Waals surface area contributed by atoms with Gasteiger partial charge >= 0.3 is 0 Å². The number of nitriles is 1. The molecule has 0 bridgehead atoms. The van der Waals surface area contributed by atoms with Crippen LogP contribution < -0.4 is 4.90 Å². The molecule has 0 saturated carbocycles. The molecule has 0 heterocycles. The van der Waals surface area contributed by atoms with Crippen LogP contribution in [0.5, 0.6) is 0 Å². The SMILES string of the molecule is CN(C)c1ccc(N=CC=C(C#N)c2ccccc2)cc1. The van der Waals surface area contributed by atoms with Gasteiger partial charge in [-0.15, -0.1) is 0 Å². The van der Waals surface area contributed by atoms with Gasteiger partial charge in [0, 0.05) is 26.0 Å². The molecule has 104 valence electrons. The Hall–Kier alpha value is -2.86. The average molecular weight is 275 g/mol. The van der Waals surface area contributed by atoms with Gasteiger partial charge in [0.25, 0.3) is 0 Å². The molecule has 0 atom stereocenters. The number of hydrogen-bond acceptors (Lipinski definition) is 3. The Kier molecular flexibility index (Phi) is 4.89. The standard InChI is InChI=1S/C18H17N3/c1-21(2)18-10-8-17(9-11-18)20-13-12-16(14-19)15-6-4-3-5-7-15/h3-13H,1-2H3. The molecule has 3 nitrogen and oxygen atoms in total. The quantitative estimate of drug-likeness (QED) is 0.623. The lowest BCUT2D eigenvalue weighted by Crippen LogP contribution is -2.07. The number of hydrogen-bond donors (Lipinski definition) is 0. The monoisotopic (exact) mass is 275 g/mol. The molecule has 0 aliphatic carbocycles. The zero-order valence-corrected chi connectivity index (χ0v) is 12.2. The van der Waals surface area contributed by atoms with E-state index in [0.717, 1.165) is 16.9 Å². The van der Waals surface area contributed by atoms with Gasteiger partial charge < -0.3 is 4.90 Å². The molecule has 0 unspecified atom stereocenters. The molecule has 0 radical (unpaired) electrons. The van der Waals surface area contributed by atoms with Crippen molar-refractivity contribution in [2.75, 3.05) is 19.0 Å².